The zero-order valence-electron chi connectivity index (χ0n) is 16.7. The number of carboxylic acid groups (broad SMARTS) is 1. The van der Waals surface area contributed by atoms with E-state index in [4.69, 9.17) is 15.3 Å². The molecule has 4 rings (SSSR count). The maximum Gasteiger partial charge on any atom is 0.341 e. The Balaban J connectivity index is 1.93. The molecular formula is C20H23FN4O5. The molecule has 1 aromatic heterocycles. The van der Waals surface area contributed by atoms with Gasteiger partial charge in [-0.25, -0.2) is 9.18 Å². The summed E-state index contributed by atoms with van der Waals surface area (Å²) in [6.45, 7) is 4.95. The molecule has 2 atom stereocenters. The van der Waals surface area contributed by atoms with E-state index in [1.807, 2.05) is 13.8 Å². The highest BCUT2D eigenvalue weighted by Crippen LogP contribution is 2.42. The number of pyridine rings is 1. The lowest BCUT2D eigenvalue weighted by molar-refractivity contribution is 0.0694. The van der Waals surface area contributed by atoms with Crippen LogP contribution in [-0.2, 0) is 4.84 Å². The van der Waals surface area contributed by atoms with Crippen LogP contribution in [0.1, 0.15) is 36.7 Å². The summed E-state index contributed by atoms with van der Waals surface area (Å²) in [6.07, 6.45) is 1.83. The third kappa shape index (κ3) is 3.26. The molecule has 3 heterocycles. The summed E-state index contributed by atoms with van der Waals surface area (Å²) in [6, 6.07) is 0.579. The summed E-state index contributed by atoms with van der Waals surface area (Å²) >= 11 is 0. The third-order valence-electron chi connectivity index (χ3n) is 5.34. The molecule has 0 aliphatic carbocycles. The number of hydrogen-bond acceptors (Lipinski definition) is 7. The predicted octanol–water partition coefficient (Wildman–Crippen LogP) is 1.72. The SMILES string of the molecule is CCO/N=C1\CC(N)CN(c2c(F)cc3c(=O)c(C(=O)O)cn4c3c2OC[C@@H]4C)C1. The summed E-state index contributed by atoms with van der Waals surface area (Å²) in [5.41, 5.74) is 6.26. The fraction of sp³-hybridized carbons (Fsp3) is 0.450. The van der Waals surface area contributed by atoms with Gasteiger partial charge >= 0.3 is 5.97 Å². The number of nitrogens with zero attached hydrogens (tertiary/aromatic N) is 3. The second-order valence-corrected chi connectivity index (χ2v) is 7.60. The number of aromatic nitrogens is 1. The number of anilines is 1. The summed E-state index contributed by atoms with van der Waals surface area (Å²) in [4.78, 5) is 31.1. The molecule has 2 aliphatic heterocycles. The van der Waals surface area contributed by atoms with Crippen molar-refractivity contribution in [2.45, 2.75) is 32.4 Å². The normalized spacial score (nSPS) is 22.3. The molecule has 0 spiro atoms. The number of halogens is 1. The lowest BCUT2D eigenvalue weighted by Crippen LogP contribution is -2.48. The Morgan fingerprint density at radius 1 is 1.50 bits per heavy atom. The monoisotopic (exact) mass is 418 g/mol. The minimum atomic E-state index is -1.35. The Kier molecular flexibility index (Phi) is 5.10. The van der Waals surface area contributed by atoms with Crippen LogP contribution in [0.4, 0.5) is 10.1 Å². The first-order valence-electron chi connectivity index (χ1n) is 9.77. The van der Waals surface area contributed by atoms with Crippen molar-refractivity contribution in [1.29, 1.82) is 0 Å². The van der Waals surface area contributed by atoms with Crippen LogP contribution in [0.2, 0.25) is 0 Å². The van der Waals surface area contributed by atoms with Gasteiger partial charge in [-0.3, -0.25) is 4.79 Å². The first kappa shape index (κ1) is 20.1. The highest BCUT2D eigenvalue weighted by molar-refractivity contribution is 5.98. The van der Waals surface area contributed by atoms with Gasteiger partial charge in [0.1, 0.15) is 24.5 Å². The van der Waals surface area contributed by atoms with Crippen molar-refractivity contribution in [3.8, 4) is 5.75 Å². The van der Waals surface area contributed by atoms with Crippen LogP contribution >= 0.6 is 0 Å². The van der Waals surface area contributed by atoms with Gasteiger partial charge in [0, 0.05) is 25.2 Å². The van der Waals surface area contributed by atoms with E-state index in [0.29, 0.717) is 37.3 Å². The molecule has 2 aliphatic rings. The molecule has 3 N–H and O–H groups in total. The van der Waals surface area contributed by atoms with E-state index in [-0.39, 0.29) is 35.5 Å². The van der Waals surface area contributed by atoms with Crippen LogP contribution in [-0.4, -0.2) is 53.7 Å². The molecule has 30 heavy (non-hydrogen) atoms. The summed E-state index contributed by atoms with van der Waals surface area (Å²) in [7, 11) is 0. The van der Waals surface area contributed by atoms with E-state index in [0.717, 1.165) is 6.07 Å². The number of carboxylic acids is 1. The number of aromatic carboxylic acids is 1. The van der Waals surface area contributed by atoms with E-state index in [1.165, 1.54) is 6.20 Å². The Morgan fingerprint density at radius 3 is 2.97 bits per heavy atom. The van der Waals surface area contributed by atoms with Crippen LogP contribution in [0.25, 0.3) is 10.9 Å². The maximum absolute atomic E-state index is 15.3. The van der Waals surface area contributed by atoms with E-state index < -0.39 is 22.8 Å². The van der Waals surface area contributed by atoms with Crippen molar-refractivity contribution in [3.63, 3.8) is 0 Å². The Morgan fingerprint density at radius 2 is 2.27 bits per heavy atom. The fourth-order valence-corrected chi connectivity index (χ4v) is 4.05. The number of oxime groups is 1. The van der Waals surface area contributed by atoms with E-state index in [2.05, 4.69) is 5.16 Å². The van der Waals surface area contributed by atoms with E-state index in [1.54, 1.807) is 9.47 Å². The Hall–Kier alpha value is -3.14. The van der Waals surface area contributed by atoms with Crippen LogP contribution in [0.3, 0.4) is 0 Å². The summed E-state index contributed by atoms with van der Waals surface area (Å²) < 4.78 is 22.8. The number of nitrogens with two attached hydrogens (primary N) is 1. The van der Waals surface area contributed by atoms with Crippen LogP contribution < -0.4 is 20.8 Å². The van der Waals surface area contributed by atoms with Gasteiger partial charge in [-0.2, -0.15) is 0 Å². The smallest absolute Gasteiger partial charge is 0.341 e. The molecule has 2 aromatic rings. The summed E-state index contributed by atoms with van der Waals surface area (Å²) in [5.74, 6) is -1.82. The fourth-order valence-electron chi connectivity index (χ4n) is 4.05. The van der Waals surface area contributed by atoms with Crippen molar-refractivity contribution in [3.05, 3.63) is 33.9 Å². The highest BCUT2D eigenvalue weighted by atomic mass is 19.1. The molecule has 9 nitrogen and oxygen atoms in total. The largest absolute Gasteiger partial charge is 0.487 e. The molecular weight excluding hydrogens is 395 g/mol. The maximum atomic E-state index is 15.3. The number of benzene rings is 1. The Bertz CT molecular complexity index is 1110. The third-order valence-corrected chi connectivity index (χ3v) is 5.34. The van der Waals surface area contributed by atoms with Gasteiger partial charge in [0.15, 0.2) is 11.6 Å². The topological polar surface area (TPSA) is 119 Å². The summed E-state index contributed by atoms with van der Waals surface area (Å²) in [5, 5.41) is 13.4. The minimum absolute atomic E-state index is 0.0257. The standard InChI is InChI=1S/C20H23FN4O5/c1-3-30-23-12-4-11(22)6-24(7-12)17-15(21)5-13-16-19(17)29-9-10(2)25(16)8-14(18(13)26)20(27)28/h5,8,10-11H,3-4,6-7,9,22H2,1-2H3,(H,27,28)/b23-12+/t10-,11?/m0/s1. The van der Waals surface area contributed by atoms with Crippen LogP contribution in [0.5, 0.6) is 5.75 Å². The number of rotatable bonds is 4. The molecule has 0 bridgehead atoms. The first-order valence-corrected chi connectivity index (χ1v) is 9.77. The lowest BCUT2D eigenvalue weighted by Gasteiger charge is -2.36. The van der Waals surface area contributed by atoms with Gasteiger partial charge in [0.25, 0.3) is 0 Å². The molecule has 1 fully saturated rings. The van der Waals surface area contributed by atoms with Gasteiger partial charge in [-0.15, -0.1) is 0 Å². The predicted molar refractivity (Wildman–Crippen MR) is 109 cm³/mol. The number of ether oxygens (including phenoxy) is 1. The van der Waals surface area contributed by atoms with Crippen LogP contribution in [0, 0.1) is 5.82 Å². The Labute approximate surface area is 171 Å². The zero-order chi connectivity index (χ0) is 21.6. The first-order chi connectivity index (χ1) is 14.3. The van der Waals surface area contributed by atoms with Gasteiger partial charge in [0.05, 0.1) is 29.2 Å². The van der Waals surface area contributed by atoms with Crippen molar-refractivity contribution in [1.82, 2.24) is 4.57 Å². The molecule has 1 saturated heterocycles. The van der Waals surface area contributed by atoms with Gasteiger partial charge < -0.3 is 29.9 Å². The highest BCUT2D eigenvalue weighted by Gasteiger charge is 2.32. The molecule has 1 unspecified atom stereocenters. The second-order valence-electron chi connectivity index (χ2n) is 7.60. The lowest BCUT2D eigenvalue weighted by atomic mass is 10.0. The van der Waals surface area contributed by atoms with Crippen LogP contribution in [0.15, 0.2) is 22.2 Å². The van der Waals surface area contributed by atoms with Crippen molar-refractivity contribution in [2.24, 2.45) is 10.9 Å². The minimum Gasteiger partial charge on any atom is -0.487 e. The quantitative estimate of drug-likeness (QED) is 0.726. The average molecular weight is 418 g/mol. The van der Waals surface area contributed by atoms with E-state index >= 15 is 4.39 Å². The number of piperidine rings is 1. The molecule has 1 aromatic carbocycles. The van der Waals surface area contributed by atoms with E-state index in [9.17, 15) is 14.7 Å². The average Bonchev–Trinajstić information content (AvgIpc) is 2.69. The van der Waals surface area contributed by atoms with Crippen molar-refractivity contribution < 1.29 is 23.9 Å². The second kappa shape index (κ2) is 7.60. The molecule has 0 saturated carbocycles. The molecule has 160 valence electrons. The molecule has 10 heteroatoms. The number of carbonyl (C=O) groups is 1. The van der Waals surface area contributed by atoms with Crippen molar-refractivity contribution in [2.75, 3.05) is 31.2 Å². The molecule has 0 radical (unpaired) electrons. The van der Waals surface area contributed by atoms with Gasteiger partial charge in [-0.1, -0.05) is 5.16 Å². The molecule has 0 amide bonds. The van der Waals surface area contributed by atoms with Gasteiger partial charge in [-0.05, 0) is 19.9 Å². The van der Waals surface area contributed by atoms with Gasteiger partial charge in [0.2, 0.25) is 5.43 Å². The zero-order valence-corrected chi connectivity index (χ0v) is 16.7. The van der Waals surface area contributed by atoms with Crippen molar-refractivity contribution >= 4 is 28.3 Å². The number of hydrogen-bond donors (Lipinski definition) is 2.